The summed E-state index contributed by atoms with van der Waals surface area (Å²) in [5.41, 5.74) is 0. The number of hydrogen-bond acceptors (Lipinski definition) is 4. The summed E-state index contributed by atoms with van der Waals surface area (Å²) in [6, 6.07) is 0. The van der Waals surface area contributed by atoms with Crippen LogP contribution < -0.4 is 5.32 Å². The minimum absolute atomic E-state index is 0.0287. The Balaban J connectivity index is 1.52. The quantitative estimate of drug-likeness (QED) is 0.552. The highest BCUT2D eigenvalue weighted by molar-refractivity contribution is 6.06. The molecule has 4 rings (SSSR count). The van der Waals surface area contributed by atoms with Gasteiger partial charge in [0.05, 0.1) is 31.1 Å². The molecule has 19 heavy (non-hydrogen) atoms. The van der Waals surface area contributed by atoms with Crippen molar-refractivity contribution in [1.82, 2.24) is 10.2 Å². The number of nitrogens with one attached hydrogen (secondary N) is 1. The number of hydrogen-bond donors (Lipinski definition) is 1. The third-order valence-corrected chi connectivity index (χ3v) is 4.95. The number of carbonyl (C=O) groups is 2. The van der Waals surface area contributed by atoms with E-state index < -0.39 is 0 Å². The zero-order valence-corrected chi connectivity index (χ0v) is 10.7. The number of allylic oxidation sites excluding steroid dienone is 2. The van der Waals surface area contributed by atoms with Gasteiger partial charge in [-0.25, -0.2) is 0 Å². The van der Waals surface area contributed by atoms with E-state index in [1.807, 2.05) is 0 Å². The van der Waals surface area contributed by atoms with Gasteiger partial charge in [0.25, 0.3) is 0 Å². The molecule has 5 heteroatoms. The van der Waals surface area contributed by atoms with E-state index in [9.17, 15) is 9.59 Å². The number of ether oxygens (including phenoxy) is 1. The van der Waals surface area contributed by atoms with Crippen molar-refractivity contribution in [3.8, 4) is 0 Å². The Hall–Kier alpha value is -1.20. The average Bonchev–Trinajstić information content (AvgIpc) is 3.10. The molecule has 2 amide bonds. The van der Waals surface area contributed by atoms with E-state index in [0.717, 1.165) is 19.5 Å². The van der Waals surface area contributed by atoms with Crippen LogP contribution in [0.25, 0.3) is 0 Å². The molecule has 2 bridgehead atoms. The van der Waals surface area contributed by atoms with E-state index in [-0.39, 0.29) is 29.8 Å². The second-order valence-electron chi connectivity index (χ2n) is 5.98. The first-order chi connectivity index (χ1) is 9.25. The largest absolute Gasteiger partial charge is 0.374 e. The number of carbonyl (C=O) groups excluding carboxylic acids is 2. The number of likely N-dealkylation sites (tertiary alicyclic amines) is 1. The third-order valence-electron chi connectivity index (χ3n) is 4.95. The van der Waals surface area contributed by atoms with Gasteiger partial charge in [0.15, 0.2) is 0 Å². The lowest BCUT2D eigenvalue weighted by Gasteiger charge is -2.27. The van der Waals surface area contributed by atoms with Crippen LogP contribution in [-0.4, -0.2) is 49.1 Å². The van der Waals surface area contributed by atoms with Crippen molar-refractivity contribution in [3.63, 3.8) is 0 Å². The Morgan fingerprint density at radius 2 is 1.89 bits per heavy atom. The zero-order valence-electron chi connectivity index (χ0n) is 10.7. The smallest absolute Gasteiger partial charge is 0.233 e. The molecule has 5 unspecified atom stereocenters. The van der Waals surface area contributed by atoms with Gasteiger partial charge in [-0.2, -0.15) is 0 Å². The van der Waals surface area contributed by atoms with Crippen LogP contribution in [0.5, 0.6) is 0 Å². The molecule has 2 heterocycles. The number of imide groups is 1. The Morgan fingerprint density at radius 1 is 1.21 bits per heavy atom. The van der Waals surface area contributed by atoms with Crippen molar-refractivity contribution < 1.29 is 14.3 Å². The molecular weight excluding hydrogens is 244 g/mol. The summed E-state index contributed by atoms with van der Waals surface area (Å²) in [7, 11) is 0. The summed E-state index contributed by atoms with van der Waals surface area (Å²) in [5, 5.41) is 3.23. The Bertz CT molecular complexity index is 426. The molecule has 4 aliphatic rings. The van der Waals surface area contributed by atoms with Gasteiger partial charge in [-0.3, -0.25) is 14.5 Å². The summed E-state index contributed by atoms with van der Waals surface area (Å²) in [6.07, 6.45) is 5.19. The van der Waals surface area contributed by atoms with Gasteiger partial charge in [0.2, 0.25) is 11.8 Å². The van der Waals surface area contributed by atoms with E-state index in [4.69, 9.17) is 4.74 Å². The summed E-state index contributed by atoms with van der Waals surface area (Å²) in [6.45, 7) is 2.63. The number of amides is 2. The van der Waals surface area contributed by atoms with Crippen molar-refractivity contribution in [2.24, 2.45) is 23.7 Å². The third kappa shape index (κ3) is 1.61. The van der Waals surface area contributed by atoms with Crippen LogP contribution in [0.15, 0.2) is 12.2 Å². The zero-order chi connectivity index (χ0) is 13.0. The summed E-state index contributed by atoms with van der Waals surface area (Å²) >= 11 is 0. The lowest BCUT2D eigenvalue weighted by molar-refractivity contribution is -0.143. The van der Waals surface area contributed by atoms with Crippen molar-refractivity contribution in [3.05, 3.63) is 12.2 Å². The van der Waals surface area contributed by atoms with E-state index in [2.05, 4.69) is 17.5 Å². The van der Waals surface area contributed by atoms with Crippen LogP contribution in [0.3, 0.4) is 0 Å². The van der Waals surface area contributed by atoms with Crippen LogP contribution in [0.4, 0.5) is 0 Å². The highest BCUT2D eigenvalue weighted by atomic mass is 16.5. The van der Waals surface area contributed by atoms with Crippen LogP contribution in [-0.2, 0) is 14.3 Å². The SMILES string of the molecule is O=C1C2C3C=CC(C3)C2C(=O)N1CC1CNCCO1. The lowest BCUT2D eigenvalue weighted by Crippen LogP contribution is -2.47. The highest BCUT2D eigenvalue weighted by Crippen LogP contribution is 2.52. The fourth-order valence-corrected chi connectivity index (χ4v) is 4.08. The van der Waals surface area contributed by atoms with Gasteiger partial charge < -0.3 is 10.1 Å². The lowest BCUT2D eigenvalue weighted by atomic mass is 9.85. The minimum atomic E-state index is -0.0842. The molecule has 1 saturated carbocycles. The summed E-state index contributed by atoms with van der Waals surface area (Å²) < 4.78 is 5.60. The molecule has 3 fully saturated rings. The van der Waals surface area contributed by atoms with E-state index in [1.165, 1.54) is 4.90 Å². The van der Waals surface area contributed by atoms with Gasteiger partial charge in [0, 0.05) is 13.1 Å². The van der Waals surface area contributed by atoms with Gasteiger partial charge in [-0.1, -0.05) is 12.2 Å². The van der Waals surface area contributed by atoms with Crippen LogP contribution >= 0.6 is 0 Å². The second kappa shape index (κ2) is 4.15. The molecule has 0 radical (unpaired) electrons. The van der Waals surface area contributed by atoms with Gasteiger partial charge in [-0.05, 0) is 18.3 Å². The number of fused-ring (bicyclic) bond motifs is 5. The molecule has 2 aliphatic carbocycles. The van der Waals surface area contributed by atoms with Crippen molar-refractivity contribution in [2.45, 2.75) is 12.5 Å². The number of nitrogens with zero attached hydrogens (tertiary/aromatic N) is 1. The normalized spacial score (nSPS) is 44.2. The minimum Gasteiger partial charge on any atom is -0.374 e. The number of morpholine rings is 1. The fraction of sp³-hybridized carbons (Fsp3) is 0.714. The molecule has 5 atom stereocenters. The van der Waals surface area contributed by atoms with E-state index in [1.54, 1.807) is 0 Å². The molecule has 0 aromatic heterocycles. The monoisotopic (exact) mass is 262 g/mol. The predicted molar refractivity (Wildman–Crippen MR) is 67.0 cm³/mol. The van der Waals surface area contributed by atoms with Crippen molar-refractivity contribution in [2.75, 3.05) is 26.2 Å². The maximum atomic E-state index is 12.5. The Labute approximate surface area is 112 Å². The maximum absolute atomic E-state index is 12.5. The van der Waals surface area contributed by atoms with Crippen molar-refractivity contribution >= 4 is 11.8 Å². The molecule has 2 aliphatic heterocycles. The Morgan fingerprint density at radius 3 is 2.47 bits per heavy atom. The van der Waals surface area contributed by atoms with Gasteiger partial charge >= 0.3 is 0 Å². The predicted octanol–water partition coefficient (Wildman–Crippen LogP) is -0.218. The van der Waals surface area contributed by atoms with Crippen LogP contribution in [0.1, 0.15) is 6.42 Å². The standard InChI is InChI=1S/C14H18N2O3/c17-13-11-8-1-2-9(5-8)12(11)14(18)16(13)7-10-6-15-3-4-19-10/h1-2,8-12,15H,3-7H2. The molecule has 2 saturated heterocycles. The van der Waals surface area contributed by atoms with Gasteiger partial charge in [0.1, 0.15) is 0 Å². The highest BCUT2D eigenvalue weighted by Gasteiger charge is 2.59. The summed E-state index contributed by atoms with van der Waals surface area (Å²) in [5.74, 6) is 0.476. The van der Waals surface area contributed by atoms with Crippen molar-refractivity contribution in [1.29, 1.82) is 0 Å². The van der Waals surface area contributed by atoms with E-state index >= 15 is 0 Å². The first-order valence-electron chi connectivity index (χ1n) is 7.11. The summed E-state index contributed by atoms with van der Waals surface area (Å²) in [4.78, 5) is 26.4. The molecule has 0 aromatic carbocycles. The second-order valence-corrected chi connectivity index (χ2v) is 5.98. The molecule has 5 nitrogen and oxygen atoms in total. The molecule has 0 spiro atoms. The fourth-order valence-electron chi connectivity index (χ4n) is 4.08. The number of rotatable bonds is 2. The molecule has 0 aromatic rings. The maximum Gasteiger partial charge on any atom is 0.233 e. The molecule has 1 N–H and O–H groups in total. The van der Waals surface area contributed by atoms with Crippen LogP contribution in [0, 0.1) is 23.7 Å². The first kappa shape index (κ1) is 11.6. The van der Waals surface area contributed by atoms with Crippen LogP contribution in [0.2, 0.25) is 0 Å². The average molecular weight is 262 g/mol. The molecular formula is C14H18N2O3. The Kier molecular flexibility index (Phi) is 2.53. The van der Waals surface area contributed by atoms with E-state index in [0.29, 0.717) is 25.0 Å². The first-order valence-corrected chi connectivity index (χ1v) is 7.11. The molecule has 102 valence electrons. The topological polar surface area (TPSA) is 58.6 Å². The van der Waals surface area contributed by atoms with Gasteiger partial charge in [-0.15, -0.1) is 0 Å².